The van der Waals surface area contributed by atoms with Gasteiger partial charge >= 0.3 is 6.09 Å². The summed E-state index contributed by atoms with van der Waals surface area (Å²) in [6.45, 7) is 5.46. The fraction of sp³-hybridized carbons (Fsp3) is 0.143. The number of benzene rings is 1. The molecule has 1 atom stereocenters. The number of nitriles is 1. The maximum atomic E-state index is 12.6. The summed E-state index contributed by atoms with van der Waals surface area (Å²) in [6.07, 6.45) is 4.79. The van der Waals surface area contributed by atoms with E-state index in [4.69, 9.17) is 9.72 Å². The summed E-state index contributed by atoms with van der Waals surface area (Å²) in [7, 11) is 0. The van der Waals surface area contributed by atoms with Crippen molar-refractivity contribution < 1.29 is 9.53 Å². The monoisotopic (exact) mass is 545 g/mol. The molecule has 6 rings (SSSR count). The van der Waals surface area contributed by atoms with Gasteiger partial charge in [0.1, 0.15) is 30.6 Å². The highest BCUT2D eigenvalue weighted by atomic mass is 16.6. The normalized spacial score (nSPS) is 11.8. The summed E-state index contributed by atoms with van der Waals surface area (Å²) in [5.41, 5.74) is 4.77. The summed E-state index contributed by atoms with van der Waals surface area (Å²) in [4.78, 5) is 26.0. The Morgan fingerprint density at radius 3 is 2.68 bits per heavy atom. The second-order valence-corrected chi connectivity index (χ2v) is 9.28. The molecule has 0 aliphatic carbocycles. The molecule has 5 heterocycles. The van der Waals surface area contributed by atoms with Gasteiger partial charge in [-0.1, -0.05) is 0 Å². The van der Waals surface area contributed by atoms with Gasteiger partial charge in [-0.25, -0.2) is 29.0 Å². The van der Waals surface area contributed by atoms with Crippen LogP contribution in [0.4, 0.5) is 16.3 Å². The van der Waals surface area contributed by atoms with E-state index in [0.717, 1.165) is 22.4 Å². The van der Waals surface area contributed by atoms with Crippen molar-refractivity contribution >= 4 is 28.6 Å². The first-order valence-corrected chi connectivity index (χ1v) is 12.6. The molecule has 0 bridgehead atoms. The number of rotatable bonds is 6. The molecule has 0 amide bonds. The summed E-state index contributed by atoms with van der Waals surface area (Å²) < 4.78 is 10.4. The predicted octanol–water partition coefficient (Wildman–Crippen LogP) is 4.57. The Balaban J connectivity index is 1.37. The van der Waals surface area contributed by atoms with Crippen molar-refractivity contribution in [1.82, 2.24) is 44.1 Å². The maximum Gasteiger partial charge on any atom is 0.419 e. The predicted molar refractivity (Wildman–Crippen MR) is 148 cm³/mol. The molecular formula is C28H23N11O2. The number of carbonyl (C=O) groups excluding carboxylic acids is 1. The van der Waals surface area contributed by atoms with Crippen molar-refractivity contribution in [3.8, 4) is 17.7 Å². The lowest BCUT2D eigenvalue weighted by Gasteiger charge is -2.18. The molecule has 0 unspecified atom stereocenters. The van der Waals surface area contributed by atoms with Crippen molar-refractivity contribution in [2.24, 2.45) is 0 Å². The van der Waals surface area contributed by atoms with E-state index < -0.39 is 12.2 Å². The molecule has 6 aromatic rings. The lowest BCUT2D eigenvalue weighted by atomic mass is 10.1. The van der Waals surface area contributed by atoms with Gasteiger partial charge in [-0.05, 0) is 69.3 Å². The summed E-state index contributed by atoms with van der Waals surface area (Å²) in [6, 6.07) is 16.9. The van der Waals surface area contributed by atoms with Crippen LogP contribution >= 0.6 is 0 Å². The summed E-state index contributed by atoms with van der Waals surface area (Å²) in [5.74, 6) is 1.62. The zero-order valence-electron chi connectivity index (χ0n) is 22.3. The van der Waals surface area contributed by atoms with Crippen LogP contribution in [0.2, 0.25) is 0 Å². The fourth-order valence-electron chi connectivity index (χ4n) is 4.34. The van der Waals surface area contributed by atoms with Crippen LogP contribution in [-0.4, -0.2) is 50.2 Å². The van der Waals surface area contributed by atoms with Crippen molar-refractivity contribution in [2.45, 2.75) is 26.9 Å². The molecule has 0 saturated carbocycles. The standard InChI is InChI=1S/C28H23N11O2/c1-17-4-8-25(35-34-17)32-20-5-7-24-23(13-20)31-16-38(24)26-9-6-22(19(3)41-28(40)37-11-10-30-15-37)27(33-26)39-18(2)12-21(14-29)36-39/h4-13,15-16,19H,1-3H3,(H,32,35)/t19-/m0/s1. The van der Waals surface area contributed by atoms with E-state index in [9.17, 15) is 10.1 Å². The molecule has 202 valence electrons. The molecule has 41 heavy (non-hydrogen) atoms. The van der Waals surface area contributed by atoms with E-state index >= 15 is 0 Å². The first kappa shape index (κ1) is 25.4. The Morgan fingerprint density at radius 1 is 1.07 bits per heavy atom. The van der Waals surface area contributed by atoms with Crippen molar-refractivity contribution in [3.05, 3.63) is 96.2 Å². The van der Waals surface area contributed by atoms with Gasteiger partial charge in [-0.2, -0.15) is 15.5 Å². The molecule has 1 N–H and O–H groups in total. The number of imidazole rings is 2. The molecule has 0 spiro atoms. The van der Waals surface area contributed by atoms with Crippen LogP contribution in [0.15, 0.2) is 73.6 Å². The molecule has 13 nitrogen and oxygen atoms in total. The maximum absolute atomic E-state index is 12.6. The minimum absolute atomic E-state index is 0.245. The second-order valence-electron chi connectivity index (χ2n) is 9.28. The van der Waals surface area contributed by atoms with E-state index in [1.807, 2.05) is 60.9 Å². The first-order chi connectivity index (χ1) is 19.9. The SMILES string of the molecule is Cc1ccc(Nc2ccc3c(c2)ncn3-c2ccc([C@H](C)OC(=O)n3ccnc3)c(-n3nc(C#N)cc3C)n2)nn1. The van der Waals surface area contributed by atoms with Crippen molar-refractivity contribution in [2.75, 3.05) is 5.32 Å². The highest BCUT2D eigenvalue weighted by Crippen LogP contribution is 2.28. The number of hydrogen-bond acceptors (Lipinski definition) is 10. The minimum Gasteiger partial charge on any atom is -0.441 e. The molecule has 1 aromatic carbocycles. The molecule has 0 fully saturated rings. The Bertz CT molecular complexity index is 1920. The van der Waals surface area contributed by atoms with Gasteiger partial charge in [0.2, 0.25) is 0 Å². The molecule has 0 aliphatic rings. The lowest BCUT2D eigenvalue weighted by Crippen LogP contribution is -2.17. The van der Waals surface area contributed by atoms with Gasteiger partial charge in [0.25, 0.3) is 0 Å². The Morgan fingerprint density at radius 2 is 1.95 bits per heavy atom. The highest BCUT2D eigenvalue weighted by Gasteiger charge is 2.22. The van der Waals surface area contributed by atoms with E-state index in [1.165, 1.54) is 23.3 Å². The van der Waals surface area contributed by atoms with Crippen LogP contribution in [0.3, 0.4) is 0 Å². The first-order valence-electron chi connectivity index (χ1n) is 12.6. The van der Waals surface area contributed by atoms with Gasteiger partial charge in [-0.15, -0.1) is 5.10 Å². The quantitative estimate of drug-likeness (QED) is 0.315. The van der Waals surface area contributed by atoms with Crippen LogP contribution in [0.1, 0.15) is 35.7 Å². The number of carbonyl (C=O) groups is 1. The molecular weight excluding hydrogens is 522 g/mol. The van der Waals surface area contributed by atoms with E-state index in [1.54, 1.807) is 24.0 Å². The zero-order valence-corrected chi connectivity index (χ0v) is 22.3. The average Bonchev–Trinajstić information content (AvgIpc) is 3.74. The van der Waals surface area contributed by atoms with Gasteiger partial charge < -0.3 is 10.1 Å². The third kappa shape index (κ3) is 4.97. The summed E-state index contributed by atoms with van der Waals surface area (Å²) in [5, 5.41) is 25.3. The van der Waals surface area contributed by atoms with Gasteiger partial charge in [0.15, 0.2) is 17.3 Å². The van der Waals surface area contributed by atoms with E-state index in [2.05, 4.69) is 36.7 Å². The van der Waals surface area contributed by atoms with Crippen LogP contribution in [-0.2, 0) is 4.74 Å². The largest absolute Gasteiger partial charge is 0.441 e. The van der Waals surface area contributed by atoms with Crippen LogP contribution in [0.25, 0.3) is 22.7 Å². The number of aromatic nitrogens is 9. The average molecular weight is 546 g/mol. The van der Waals surface area contributed by atoms with Crippen LogP contribution < -0.4 is 5.32 Å². The van der Waals surface area contributed by atoms with Gasteiger partial charge in [-0.3, -0.25) is 4.57 Å². The lowest BCUT2D eigenvalue weighted by molar-refractivity contribution is 0.108. The molecule has 13 heteroatoms. The van der Waals surface area contributed by atoms with Gasteiger partial charge in [0.05, 0.1) is 16.7 Å². The number of pyridine rings is 1. The number of hydrogen-bond donors (Lipinski definition) is 1. The number of aryl methyl sites for hydroxylation is 2. The second kappa shape index (κ2) is 10.3. The number of nitrogens with one attached hydrogen (secondary N) is 1. The highest BCUT2D eigenvalue weighted by molar-refractivity contribution is 5.82. The molecule has 0 aliphatic heterocycles. The van der Waals surface area contributed by atoms with E-state index in [0.29, 0.717) is 28.7 Å². The fourth-order valence-corrected chi connectivity index (χ4v) is 4.34. The number of nitrogens with zero attached hydrogens (tertiary/aromatic N) is 10. The Kier molecular flexibility index (Phi) is 6.40. The Labute approximate surface area is 233 Å². The van der Waals surface area contributed by atoms with Crippen molar-refractivity contribution in [3.63, 3.8) is 0 Å². The zero-order chi connectivity index (χ0) is 28.5. The van der Waals surface area contributed by atoms with Crippen LogP contribution in [0, 0.1) is 25.2 Å². The Hall–Kier alpha value is -5.90. The van der Waals surface area contributed by atoms with Crippen molar-refractivity contribution in [1.29, 1.82) is 5.26 Å². The van der Waals surface area contributed by atoms with E-state index in [-0.39, 0.29) is 5.69 Å². The number of ether oxygens (including phenoxy) is 1. The summed E-state index contributed by atoms with van der Waals surface area (Å²) >= 11 is 0. The van der Waals surface area contributed by atoms with Crippen LogP contribution in [0.5, 0.6) is 0 Å². The molecule has 0 radical (unpaired) electrons. The topological polar surface area (TPSA) is 154 Å². The third-order valence-electron chi connectivity index (χ3n) is 6.39. The smallest absolute Gasteiger partial charge is 0.419 e. The third-order valence-corrected chi connectivity index (χ3v) is 6.39. The van der Waals surface area contributed by atoms with Gasteiger partial charge in [0, 0.05) is 29.3 Å². The minimum atomic E-state index is -0.686. The number of fused-ring (bicyclic) bond motifs is 1. The number of anilines is 2. The molecule has 0 saturated heterocycles. The molecule has 5 aromatic heterocycles.